The molecule has 0 heterocycles. The fourth-order valence-electron chi connectivity index (χ4n) is 2.34. The largest absolute Gasteiger partial charge is 0.0654 e. The van der Waals surface area contributed by atoms with E-state index >= 15 is 0 Å². The Balaban J connectivity index is 2.54. The van der Waals surface area contributed by atoms with Crippen molar-refractivity contribution in [3.63, 3.8) is 0 Å². The molecule has 60 valence electrons. The van der Waals surface area contributed by atoms with E-state index in [9.17, 15) is 0 Å². The van der Waals surface area contributed by atoms with E-state index in [1.807, 2.05) is 0 Å². The molecule has 0 N–H and O–H groups in total. The Hall–Kier alpha value is 0. The zero-order valence-corrected chi connectivity index (χ0v) is 7.99. The maximum atomic E-state index is 2.40. The van der Waals surface area contributed by atoms with E-state index in [1.165, 1.54) is 12.8 Å². The van der Waals surface area contributed by atoms with Crippen molar-refractivity contribution in [1.29, 1.82) is 0 Å². The van der Waals surface area contributed by atoms with Crippen molar-refractivity contribution in [3.05, 3.63) is 0 Å². The number of hydrogen-bond donors (Lipinski definition) is 0. The molecule has 0 bridgehead atoms. The average molecular weight is 140 g/mol. The third-order valence-corrected chi connectivity index (χ3v) is 3.90. The van der Waals surface area contributed by atoms with Crippen LogP contribution in [0.4, 0.5) is 0 Å². The molecule has 0 aromatic heterocycles. The Morgan fingerprint density at radius 2 is 1.40 bits per heavy atom. The normalized spacial score (nSPS) is 28.5. The molecular weight excluding hydrogens is 120 g/mol. The zero-order chi connectivity index (χ0) is 7.99. The summed E-state index contributed by atoms with van der Waals surface area (Å²) in [5.74, 6) is 0.977. The molecule has 0 radical (unpaired) electrons. The van der Waals surface area contributed by atoms with E-state index in [-0.39, 0.29) is 0 Å². The van der Waals surface area contributed by atoms with Crippen molar-refractivity contribution in [2.45, 2.75) is 47.5 Å². The molecule has 1 aliphatic carbocycles. The molecule has 0 atom stereocenters. The summed E-state index contributed by atoms with van der Waals surface area (Å²) in [4.78, 5) is 0. The third-order valence-electron chi connectivity index (χ3n) is 3.90. The lowest BCUT2D eigenvalue weighted by Gasteiger charge is -2.04. The molecule has 0 nitrogen and oxygen atoms in total. The second kappa shape index (κ2) is 1.99. The summed E-state index contributed by atoms with van der Waals surface area (Å²) in [5.41, 5.74) is 1.23. The third kappa shape index (κ3) is 0.810. The Kier molecular flexibility index (Phi) is 1.61. The van der Waals surface area contributed by atoms with Gasteiger partial charge in [-0.05, 0) is 23.2 Å². The highest BCUT2D eigenvalue weighted by molar-refractivity contribution is 5.11. The molecule has 0 aromatic rings. The first-order valence-electron chi connectivity index (χ1n) is 4.44. The van der Waals surface area contributed by atoms with Gasteiger partial charge in [-0.25, -0.2) is 0 Å². The van der Waals surface area contributed by atoms with Crippen LogP contribution in [0.25, 0.3) is 0 Å². The molecule has 1 rings (SSSR count). The fraction of sp³-hybridized carbons (Fsp3) is 1.00. The lowest BCUT2D eigenvalue weighted by atomic mass is 10.0. The fourth-order valence-corrected chi connectivity index (χ4v) is 2.34. The van der Waals surface area contributed by atoms with Crippen LogP contribution in [-0.4, -0.2) is 0 Å². The lowest BCUT2D eigenvalue weighted by Crippen LogP contribution is -1.95. The van der Waals surface area contributed by atoms with Crippen LogP contribution in [0.15, 0.2) is 0 Å². The first-order chi connectivity index (χ1) is 4.44. The summed E-state index contributed by atoms with van der Waals surface area (Å²) in [6.07, 6.45) is 2.76. The minimum atomic E-state index is 0.614. The molecule has 0 saturated heterocycles. The van der Waals surface area contributed by atoms with Crippen LogP contribution < -0.4 is 0 Å². The molecule has 0 spiro atoms. The predicted molar refractivity (Wildman–Crippen MR) is 46.0 cm³/mol. The van der Waals surface area contributed by atoms with E-state index in [2.05, 4.69) is 34.6 Å². The molecule has 0 unspecified atom stereocenters. The molecule has 0 aromatic carbocycles. The van der Waals surface area contributed by atoms with E-state index in [0.717, 1.165) is 5.92 Å². The molecule has 0 amide bonds. The smallest absolute Gasteiger partial charge is 0.0266 e. The minimum Gasteiger partial charge on any atom is -0.0654 e. The van der Waals surface area contributed by atoms with Gasteiger partial charge >= 0.3 is 0 Å². The van der Waals surface area contributed by atoms with E-state index < -0.39 is 0 Å². The van der Waals surface area contributed by atoms with Crippen LogP contribution in [0.5, 0.6) is 0 Å². The van der Waals surface area contributed by atoms with Gasteiger partial charge in [-0.2, -0.15) is 0 Å². The van der Waals surface area contributed by atoms with Crippen molar-refractivity contribution < 1.29 is 0 Å². The van der Waals surface area contributed by atoms with Crippen molar-refractivity contribution in [1.82, 2.24) is 0 Å². The molecule has 1 aliphatic rings. The quantitative estimate of drug-likeness (QED) is 0.551. The van der Waals surface area contributed by atoms with Gasteiger partial charge in [0.25, 0.3) is 0 Å². The van der Waals surface area contributed by atoms with Crippen LogP contribution in [0.1, 0.15) is 47.5 Å². The maximum absolute atomic E-state index is 2.40. The van der Waals surface area contributed by atoms with E-state index in [4.69, 9.17) is 0 Å². The Labute approximate surface area is 65.0 Å². The van der Waals surface area contributed by atoms with Gasteiger partial charge in [0, 0.05) is 0 Å². The monoisotopic (exact) mass is 140 g/mol. The van der Waals surface area contributed by atoms with Crippen LogP contribution in [0, 0.1) is 16.7 Å². The summed E-state index contributed by atoms with van der Waals surface area (Å²) in [6.45, 7) is 11.9. The number of hydrogen-bond acceptors (Lipinski definition) is 0. The molecule has 1 fully saturated rings. The van der Waals surface area contributed by atoms with Gasteiger partial charge in [0.15, 0.2) is 0 Å². The van der Waals surface area contributed by atoms with Gasteiger partial charge in [-0.15, -0.1) is 0 Å². The van der Waals surface area contributed by atoms with E-state index in [0.29, 0.717) is 10.8 Å². The minimum absolute atomic E-state index is 0.614. The molecule has 10 heavy (non-hydrogen) atoms. The van der Waals surface area contributed by atoms with Gasteiger partial charge in [0.1, 0.15) is 0 Å². The summed E-state index contributed by atoms with van der Waals surface area (Å²) in [5, 5.41) is 0. The molecule has 1 saturated carbocycles. The van der Waals surface area contributed by atoms with Gasteiger partial charge in [0.2, 0.25) is 0 Å². The second-order valence-electron chi connectivity index (χ2n) is 4.78. The van der Waals surface area contributed by atoms with Gasteiger partial charge in [-0.1, -0.05) is 41.0 Å². The van der Waals surface area contributed by atoms with Crippen molar-refractivity contribution in [2.24, 2.45) is 16.7 Å². The second-order valence-corrected chi connectivity index (χ2v) is 4.78. The Bertz CT molecular complexity index is 117. The van der Waals surface area contributed by atoms with Crippen molar-refractivity contribution in [2.75, 3.05) is 0 Å². The molecular formula is C10H20. The standard InChI is InChI=1S/C10H20/c1-6-7-8-9(2,3)10(8,4)5/h8H,6-7H2,1-5H3. The summed E-state index contributed by atoms with van der Waals surface area (Å²) in [7, 11) is 0. The van der Waals surface area contributed by atoms with Crippen LogP contribution >= 0.6 is 0 Å². The highest BCUT2D eigenvalue weighted by atomic mass is 14.7. The summed E-state index contributed by atoms with van der Waals surface area (Å²) in [6, 6.07) is 0. The lowest BCUT2D eigenvalue weighted by molar-refractivity contribution is 0.457. The maximum Gasteiger partial charge on any atom is -0.0266 e. The number of rotatable bonds is 2. The molecule has 0 heteroatoms. The molecule has 0 aliphatic heterocycles. The Morgan fingerprint density at radius 3 is 1.50 bits per heavy atom. The van der Waals surface area contributed by atoms with Crippen molar-refractivity contribution in [3.8, 4) is 0 Å². The predicted octanol–water partition coefficient (Wildman–Crippen LogP) is 3.47. The highest BCUT2D eigenvalue weighted by Crippen LogP contribution is 2.69. The van der Waals surface area contributed by atoms with Crippen molar-refractivity contribution >= 4 is 0 Å². The van der Waals surface area contributed by atoms with Crippen LogP contribution in [0.2, 0.25) is 0 Å². The van der Waals surface area contributed by atoms with Crippen LogP contribution in [-0.2, 0) is 0 Å². The summed E-state index contributed by atoms with van der Waals surface area (Å²) < 4.78 is 0. The van der Waals surface area contributed by atoms with Gasteiger partial charge in [-0.3, -0.25) is 0 Å². The Morgan fingerprint density at radius 1 is 1.00 bits per heavy atom. The zero-order valence-electron chi connectivity index (χ0n) is 7.99. The average Bonchev–Trinajstić information content (AvgIpc) is 2.13. The van der Waals surface area contributed by atoms with Crippen LogP contribution in [0.3, 0.4) is 0 Å². The van der Waals surface area contributed by atoms with Gasteiger partial charge in [0.05, 0.1) is 0 Å². The summed E-state index contributed by atoms with van der Waals surface area (Å²) >= 11 is 0. The van der Waals surface area contributed by atoms with Gasteiger partial charge < -0.3 is 0 Å². The topological polar surface area (TPSA) is 0 Å². The first kappa shape index (κ1) is 8.10. The first-order valence-corrected chi connectivity index (χ1v) is 4.44. The highest BCUT2D eigenvalue weighted by Gasteiger charge is 2.63. The SMILES string of the molecule is CCCC1C(C)(C)C1(C)C. The van der Waals surface area contributed by atoms with E-state index in [1.54, 1.807) is 0 Å².